The molecule has 1 aliphatic carbocycles. The van der Waals surface area contributed by atoms with E-state index in [-0.39, 0.29) is 5.78 Å². The number of nitrogens with zero attached hydrogens (tertiary/aromatic N) is 1. The number of rotatable bonds is 4. The maximum atomic E-state index is 13.4. The van der Waals surface area contributed by atoms with Gasteiger partial charge in [-0.25, -0.2) is 0 Å². The lowest BCUT2D eigenvalue weighted by Gasteiger charge is -2.47. The van der Waals surface area contributed by atoms with Gasteiger partial charge in [0.05, 0.1) is 5.92 Å². The number of benzene rings is 2. The molecule has 1 N–H and O–H groups in total. The number of carbonyl (C=O) groups excluding carboxylic acids is 1. The van der Waals surface area contributed by atoms with E-state index in [1.807, 2.05) is 60.7 Å². The second-order valence-electron chi connectivity index (χ2n) is 8.11. The number of aliphatic hydroxyl groups is 1. The summed E-state index contributed by atoms with van der Waals surface area (Å²) in [5.74, 6) is -0.375. The van der Waals surface area contributed by atoms with Crippen LogP contribution in [0.1, 0.15) is 54.4 Å². The van der Waals surface area contributed by atoms with Gasteiger partial charge in [-0.1, -0.05) is 79.9 Å². The fourth-order valence-corrected chi connectivity index (χ4v) is 4.92. The third kappa shape index (κ3) is 3.71. The average molecular weight is 364 g/mol. The molecule has 0 unspecified atom stereocenters. The summed E-state index contributed by atoms with van der Waals surface area (Å²) in [5, 5.41) is 11.7. The van der Waals surface area contributed by atoms with Crippen molar-refractivity contribution in [2.24, 2.45) is 5.92 Å². The lowest BCUT2D eigenvalue weighted by molar-refractivity contribution is -0.0749. The Bertz CT molecular complexity index is 754. The van der Waals surface area contributed by atoms with Crippen LogP contribution in [-0.4, -0.2) is 34.9 Å². The van der Waals surface area contributed by atoms with Crippen molar-refractivity contribution in [1.82, 2.24) is 4.90 Å². The fourth-order valence-electron chi connectivity index (χ4n) is 4.92. The molecular weight excluding hydrogens is 334 g/mol. The molecule has 2 aromatic carbocycles. The van der Waals surface area contributed by atoms with Crippen LogP contribution >= 0.6 is 0 Å². The second kappa shape index (κ2) is 7.95. The van der Waals surface area contributed by atoms with Crippen LogP contribution in [0.4, 0.5) is 0 Å². The summed E-state index contributed by atoms with van der Waals surface area (Å²) in [6.45, 7) is 1.50. The van der Waals surface area contributed by atoms with Crippen LogP contribution in [0.3, 0.4) is 0 Å². The molecule has 0 spiro atoms. The van der Waals surface area contributed by atoms with Crippen molar-refractivity contribution in [2.45, 2.75) is 50.2 Å². The van der Waals surface area contributed by atoms with E-state index in [2.05, 4.69) is 4.90 Å². The first-order valence-corrected chi connectivity index (χ1v) is 10.3. The third-order valence-corrected chi connectivity index (χ3v) is 6.51. The van der Waals surface area contributed by atoms with Gasteiger partial charge in [0.25, 0.3) is 0 Å². The van der Waals surface area contributed by atoms with E-state index >= 15 is 0 Å². The maximum Gasteiger partial charge on any atom is 0.170 e. The Kier molecular flexibility index (Phi) is 5.42. The summed E-state index contributed by atoms with van der Waals surface area (Å²) in [6.07, 6.45) is 6.93. The van der Waals surface area contributed by atoms with E-state index in [4.69, 9.17) is 0 Å². The molecule has 3 heteroatoms. The normalized spacial score (nSPS) is 27.4. The van der Waals surface area contributed by atoms with Gasteiger partial charge in [0, 0.05) is 24.7 Å². The number of hydrogen-bond donors (Lipinski definition) is 1. The van der Waals surface area contributed by atoms with Crippen molar-refractivity contribution in [2.75, 3.05) is 13.1 Å². The molecule has 1 saturated heterocycles. The largest absolute Gasteiger partial charge is 0.384 e. The van der Waals surface area contributed by atoms with Gasteiger partial charge in [-0.2, -0.15) is 0 Å². The van der Waals surface area contributed by atoms with Gasteiger partial charge in [-0.15, -0.1) is 0 Å². The van der Waals surface area contributed by atoms with Crippen LogP contribution in [0.25, 0.3) is 0 Å². The molecule has 1 heterocycles. The van der Waals surface area contributed by atoms with E-state index in [1.165, 1.54) is 32.1 Å². The Hall–Kier alpha value is -1.97. The summed E-state index contributed by atoms with van der Waals surface area (Å²) in [5.41, 5.74) is 0.462. The standard InChI is InChI=1S/C24H29NO2/c26-23(19-10-4-1-5-11-19)22-18-25(21-14-8-3-9-15-21)17-16-24(22,27)20-12-6-2-7-13-20/h1-2,4-7,10-13,21-22,27H,3,8-9,14-18H2/t22-,24-/m1/s1. The Morgan fingerprint density at radius 1 is 0.926 bits per heavy atom. The highest BCUT2D eigenvalue weighted by molar-refractivity contribution is 5.99. The van der Waals surface area contributed by atoms with Crippen molar-refractivity contribution < 1.29 is 9.90 Å². The van der Waals surface area contributed by atoms with Crippen molar-refractivity contribution in [3.8, 4) is 0 Å². The number of piperidine rings is 1. The minimum Gasteiger partial charge on any atom is -0.384 e. The highest BCUT2D eigenvalue weighted by Gasteiger charge is 2.47. The molecule has 1 aliphatic heterocycles. The van der Waals surface area contributed by atoms with Gasteiger partial charge >= 0.3 is 0 Å². The monoisotopic (exact) mass is 363 g/mol. The first kappa shape index (κ1) is 18.4. The lowest BCUT2D eigenvalue weighted by Crippen LogP contribution is -2.55. The molecule has 2 aliphatic rings. The van der Waals surface area contributed by atoms with Crippen molar-refractivity contribution >= 4 is 5.78 Å². The van der Waals surface area contributed by atoms with E-state index in [9.17, 15) is 9.90 Å². The predicted octanol–water partition coefficient (Wildman–Crippen LogP) is 4.41. The zero-order valence-corrected chi connectivity index (χ0v) is 15.9. The van der Waals surface area contributed by atoms with E-state index in [1.54, 1.807) is 0 Å². The number of ketones is 1. The van der Waals surface area contributed by atoms with Gasteiger partial charge in [0.1, 0.15) is 5.60 Å². The Balaban J connectivity index is 1.66. The summed E-state index contributed by atoms with van der Waals surface area (Å²) in [6, 6.07) is 19.8. The summed E-state index contributed by atoms with van der Waals surface area (Å²) < 4.78 is 0. The highest BCUT2D eigenvalue weighted by Crippen LogP contribution is 2.41. The Morgan fingerprint density at radius 3 is 2.22 bits per heavy atom. The van der Waals surface area contributed by atoms with Crippen LogP contribution in [-0.2, 0) is 5.60 Å². The fraction of sp³-hybridized carbons (Fsp3) is 0.458. The van der Waals surface area contributed by atoms with Crippen LogP contribution in [0.2, 0.25) is 0 Å². The lowest BCUT2D eigenvalue weighted by atomic mass is 9.72. The zero-order valence-electron chi connectivity index (χ0n) is 15.9. The molecule has 1 saturated carbocycles. The first-order chi connectivity index (χ1) is 13.2. The van der Waals surface area contributed by atoms with E-state index in [0.29, 0.717) is 24.6 Å². The highest BCUT2D eigenvalue weighted by atomic mass is 16.3. The molecule has 4 rings (SSSR count). The summed E-state index contributed by atoms with van der Waals surface area (Å²) in [4.78, 5) is 15.9. The van der Waals surface area contributed by atoms with Gasteiger partial charge in [-0.05, 0) is 24.8 Å². The first-order valence-electron chi connectivity index (χ1n) is 10.3. The molecular formula is C24H29NO2. The van der Waals surface area contributed by atoms with Crippen molar-refractivity contribution in [3.63, 3.8) is 0 Å². The SMILES string of the molecule is O=C(c1ccccc1)[C@H]1CN(C2CCCCC2)CC[C@@]1(O)c1ccccc1. The quantitative estimate of drug-likeness (QED) is 0.818. The van der Waals surface area contributed by atoms with Crippen LogP contribution in [0, 0.1) is 5.92 Å². The zero-order chi connectivity index (χ0) is 18.7. The predicted molar refractivity (Wildman–Crippen MR) is 108 cm³/mol. The maximum absolute atomic E-state index is 13.4. The molecule has 2 aromatic rings. The molecule has 142 valence electrons. The van der Waals surface area contributed by atoms with Crippen LogP contribution < -0.4 is 0 Å². The van der Waals surface area contributed by atoms with Gasteiger partial charge < -0.3 is 5.11 Å². The Labute approximate surface area is 162 Å². The molecule has 2 atom stereocenters. The molecule has 0 aromatic heterocycles. The molecule has 0 amide bonds. The number of carbonyl (C=O) groups is 1. The van der Waals surface area contributed by atoms with E-state index < -0.39 is 11.5 Å². The van der Waals surface area contributed by atoms with Gasteiger partial charge in [-0.3, -0.25) is 9.69 Å². The average Bonchev–Trinajstić information content (AvgIpc) is 2.75. The summed E-state index contributed by atoms with van der Waals surface area (Å²) >= 11 is 0. The minimum atomic E-state index is -1.10. The number of hydrogen-bond acceptors (Lipinski definition) is 3. The molecule has 3 nitrogen and oxygen atoms in total. The molecule has 0 radical (unpaired) electrons. The number of likely N-dealkylation sites (tertiary alicyclic amines) is 1. The summed E-state index contributed by atoms with van der Waals surface area (Å²) in [7, 11) is 0. The van der Waals surface area contributed by atoms with Crippen LogP contribution in [0.5, 0.6) is 0 Å². The van der Waals surface area contributed by atoms with Gasteiger partial charge in [0.15, 0.2) is 5.78 Å². The topological polar surface area (TPSA) is 40.5 Å². The second-order valence-corrected chi connectivity index (χ2v) is 8.11. The number of Topliss-reactive ketones (excluding diaryl/α,β-unsaturated/α-hetero) is 1. The minimum absolute atomic E-state index is 0.0578. The smallest absolute Gasteiger partial charge is 0.170 e. The third-order valence-electron chi connectivity index (χ3n) is 6.51. The Morgan fingerprint density at radius 2 is 1.56 bits per heavy atom. The molecule has 0 bridgehead atoms. The van der Waals surface area contributed by atoms with Crippen LogP contribution in [0.15, 0.2) is 60.7 Å². The van der Waals surface area contributed by atoms with Gasteiger partial charge in [0.2, 0.25) is 0 Å². The molecule has 2 fully saturated rings. The molecule has 27 heavy (non-hydrogen) atoms. The van der Waals surface area contributed by atoms with E-state index in [0.717, 1.165) is 12.1 Å². The van der Waals surface area contributed by atoms with Crippen molar-refractivity contribution in [1.29, 1.82) is 0 Å². The van der Waals surface area contributed by atoms with Crippen molar-refractivity contribution in [3.05, 3.63) is 71.8 Å².